The summed E-state index contributed by atoms with van der Waals surface area (Å²) >= 11 is 0. The number of ether oxygens (including phenoxy) is 2. The predicted octanol–water partition coefficient (Wildman–Crippen LogP) is 4.01. The first-order valence-electron chi connectivity index (χ1n) is 8.12. The Bertz CT molecular complexity index is 445. The molecule has 0 spiro atoms. The van der Waals surface area contributed by atoms with Crippen molar-refractivity contribution in [3.63, 3.8) is 0 Å². The first-order chi connectivity index (χ1) is 10.1. The van der Waals surface area contributed by atoms with Crippen LogP contribution in [0, 0.1) is 11.8 Å². The smallest absolute Gasteiger partial charge is 0.161 e. The molecule has 21 heavy (non-hydrogen) atoms. The van der Waals surface area contributed by atoms with Crippen molar-refractivity contribution in [2.24, 2.45) is 11.8 Å². The minimum atomic E-state index is 0.159. The Morgan fingerprint density at radius 1 is 1.24 bits per heavy atom. The summed E-state index contributed by atoms with van der Waals surface area (Å²) in [6.45, 7) is 8.42. The van der Waals surface area contributed by atoms with Gasteiger partial charge in [0.15, 0.2) is 11.5 Å². The van der Waals surface area contributed by atoms with Gasteiger partial charge in [-0.3, -0.25) is 0 Å². The largest absolute Gasteiger partial charge is 0.493 e. The second-order valence-corrected chi connectivity index (χ2v) is 6.57. The molecular weight excluding hydrogens is 262 g/mol. The van der Waals surface area contributed by atoms with Crippen LogP contribution in [0.2, 0.25) is 0 Å². The van der Waals surface area contributed by atoms with Gasteiger partial charge in [-0.15, -0.1) is 0 Å². The van der Waals surface area contributed by atoms with Crippen LogP contribution in [0.25, 0.3) is 0 Å². The van der Waals surface area contributed by atoms with E-state index in [2.05, 4.69) is 24.4 Å². The van der Waals surface area contributed by atoms with Crippen LogP contribution >= 0.6 is 0 Å². The zero-order chi connectivity index (χ0) is 15.2. The maximum Gasteiger partial charge on any atom is 0.161 e. The fraction of sp³-hybridized carbons (Fsp3) is 0.667. The van der Waals surface area contributed by atoms with E-state index in [1.807, 2.05) is 19.9 Å². The van der Waals surface area contributed by atoms with Crippen LogP contribution in [-0.2, 0) is 6.54 Å². The zero-order valence-electron chi connectivity index (χ0n) is 13.8. The van der Waals surface area contributed by atoms with Crippen molar-refractivity contribution in [2.45, 2.75) is 52.7 Å². The lowest BCUT2D eigenvalue weighted by Gasteiger charge is -2.15. The van der Waals surface area contributed by atoms with Crippen LogP contribution in [0.4, 0.5) is 0 Å². The third-order valence-corrected chi connectivity index (χ3v) is 4.16. The highest BCUT2D eigenvalue weighted by Gasteiger charge is 2.20. The van der Waals surface area contributed by atoms with Gasteiger partial charge in [-0.25, -0.2) is 0 Å². The molecule has 2 atom stereocenters. The first kappa shape index (κ1) is 16.2. The van der Waals surface area contributed by atoms with E-state index in [1.54, 1.807) is 7.11 Å². The molecule has 2 unspecified atom stereocenters. The molecule has 1 N–H and O–H groups in total. The third kappa shape index (κ3) is 4.92. The lowest BCUT2D eigenvalue weighted by Crippen LogP contribution is -2.21. The van der Waals surface area contributed by atoms with E-state index in [-0.39, 0.29) is 6.10 Å². The van der Waals surface area contributed by atoms with E-state index in [4.69, 9.17) is 9.47 Å². The number of rotatable bonds is 7. The number of nitrogens with one attached hydrogen (secondary N) is 1. The number of hydrogen-bond donors (Lipinski definition) is 1. The van der Waals surface area contributed by atoms with Gasteiger partial charge in [0, 0.05) is 6.54 Å². The summed E-state index contributed by atoms with van der Waals surface area (Å²) in [5, 5.41) is 3.58. The lowest BCUT2D eigenvalue weighted by molar-refractivity contribution is 0.230. The standard InChI is InChI=1S/C18H29NO2/c1-13(2)21-17-8-7-16(10-18(17)20-4)12-19-11-15-6-5-14(3)9-15/h7-8,10,13-15,19H,5-6,9,11-12H2,1-4H3. The van der Waals surface area contributed by atoms with E-state index in [0.29, 0.717) is 0 Å². The van der Waals surface area contributed by atoms with Crippen LogP contribution < -0.4 is 14.8 Å². The van der Waals surface area contributed by atoms with E-state index >= 15 is 0 Å². The molecule has 0 aliphatic heterocycles. The van der Waals surface area contributed by atoms with Crippen LogP contribution in [0.15, 0.2) is 18.2 Å². The van der Waals surface area contributed by atoms with E-state index in [9.17, 15) is 0 Å². The van der Waals surface area contributed by atoms with Crippen LogP contribution in [0.1, 0.15) is 45.6 Å². The fourth-order valence-electron chi connectivity index (χ4n) is 3.10. The van der Waals surface area contributed by atoms with Gasteiger partial charge in [0.05, 0.1) is 13.2 Å². The van der Waals surface area contributed by atoms with Gasteiger partial charge < -0.3 is 14.8 Å². The van der Waals surface area contributed by atoms with Gasteiger partial charge in [0.25, 0.3) is 0 Å². The molecule has 1 fully saturated rings. The summed E-state index contributed by atoms with van der Waals surface area (Å²) in [4.78, 5) is 0. The molecular formula is C18H29NO2. The van der Waals surface area contributed by atoms with E-state index < -0.39 is 0 Å². The summed E-state index contributed by atoms with van der Waals surface area (Å²) in [6, 6.07) is 6.19. The summed E-state index contributed by atoms with van der Waals surface area (Å²) < 4.78 is 11.2. The SMILES string of the molecule is COc1cc(CNCC2CCC(C)C2)ccc1OC(C)C. The molecule has 0 amide bonds. The van der Waals surface area contributed by atoms with Crippen molar-refractivity contribution in [2.75, 3.05) is 13.7 Å². The molecule has 2 rings (SSSR count). The highest BCUT2D eigenvalue weighted by atomic mass is 16.5. The monoisotopic (exact) mass is 291 g/mol. The van der Waals surface area contributed by atoms with Gasteiger partial charge in [-0.2, -0.15) is 0 Å². The summed E-state index contributed by atoms with van der Waals surface area (Å²) in [5.41, 5.74) is 1.24. The Morgan fingerprint density at radius 3 is 2.67 bits per heavy atom. The third-order valence-electron chi connectivity index (χ3n) is 4.16. The van der Waals surface area contributed by atoms with Crippen molar-refractivity contribution in [3.8, 4) is 11.5 Å². The molecule has 1 saturated carbocycles. The quantitative estimate of drug-likeness (QED) is 0.823. The van der Waals surface area contributed by atoms with Crippen LogP contribution in [-0.4, -0.2) is 19.8 Å². The van der Waals surface area contributed by atoms with Gasteiger partial charge >= 0.3 is 0 Å². The highest BCUT2D eigenvalue weighted by molar-refractivity contribution is 5.43. The second kappa shape index (κ2) is 7.69. The Morgan fingerprint density at radius 2 is 2.05 bits per heavy atom. The molecule has 0 bridgehead atoms. The molecule has 1 aromatic rings. The lowest BCUT2D eigenvalue weighted by atomic mass is 10.1. The van der Waals surface area contributed by atoms with E-state index in [1.165, 1.54) is 24.8 Å². The molecule has 118 valence electrons. The molecule has 1 aliphatic carbocycles. The Labute approximate surface area is 129 Å². The Balaban J connectivity index is 1.85. The molecule has 0 aromatic heterocycles. The molecule has 1 aliphatic rings. The molecule has 3 nitrogen and oxygen atoms in total. The number of hydrogen-bond acceptors (Lipinski definition) is 3. The summed E-state index contributed by atoms with van der Waals surface area (Å²) in [7, 11) is 1.69. The van der Waals surface area contributed by atoms with Gasteiger partial charge in [0.2, 0.25) is 0 Å². The fourth-order valence-corrected chi connectivity index (χ4v) is 3.10. The summed E-state index contributed by atoms with van der Waals surface area (Å²) in [5.74, 6) is 3.40. The molecule has 1 aromatic carbocycles. The van der Waals surface area contributed by atoms with Gasteiger partial charge in [-0.05, 0) is 62.8 Å². The maximum absolute atomic E-state index is 5.74. The van der Waals surface area contributed by atoms with Crippen molar-refractivity contribution in [1.82, 2.24) is 5.32 Å². The maximum atomic E-state index is 5.74. The predicted molar refractivity (Wildman–Crippen MR) is 87.0 cm³/mol. The van der Waals surface area contributed by atoms with Crippen molar-refractivity contribution < 1.29 is 9.47 Å². The Kier molecular flexibility index (Phi) is 5.92. The zero-order valence-corrected chi connectivity index (χ0v) is 13.8. The first-order valence-corrected chi connectivity index (χ1v) is 8.12. The average Bonchev–Trinajstić information content (AvgIpc) is 2.85. The second-order valence-electron chi connectivity index (χ2n) is 6.57. The van der Waals surface area contributed by atoms with Crippen LogP contribution in [0.5, 0.6) is 11.5 Å². The molecule has 3 heteroatoms. The minimum Gasteiger partial charge on any atom is -0.493 e. The number of benzene rings is 1. The molecule has 0 heterocycles. The van der Waals surface area contributed by atoms with Crippen molar-refractivity contribution >= 4 is 0 Å². The average molecular weight is 291 g/mol. The molecule has 0 radical (unpaired) electrons. The summed E-state index contributed by atoms with van der Waals surface area (Å²) in [6.07, 6.45) is 4.30. The normalized spacial score (nSPS) is 21.8. The van der Waals surface area contributed by atoms with Crippen molar-refractivity contribution in [1.29, 1.82) is 0 Å². The van der Waals surface area contributed by atoms with Crippen molar-refractivity contribution in [3.05, 3.63) is 23.8 Å². The minimum absolute atomic E-state index is 0.159. The van der Waals surface area contributed by atoms with Crippen LogP contribution in [0.3, 0.4) is 0 Å². The van der Waals surface area contributed by atoms with E-state index in [0.717, 1.165) is 36.4 Å². The van der Waals surface area contributed by atoms with Gasteiger partial charge in [0.1, 0.15) is 0 Å². The highest BCUT2D eigenvalue weighted by Crippen LogP contribution is 2.30. The van der Waals surface area contributed by atoms with Gasteiger partial charge in [-0.1, -0.05) is 19.4 Å². The number of methoxy groups -OCH3 is 1. The molecule has 0 saturated heterocycles. The Hall–Kier alpha value is -1.22. The topological polar surface area (TPSA) is 30.5 Å².